The van der Waals surface area contributed by atoms with Gasteiger partial charge in [-0.2, -0.15) is 0 Å². The maximum absolute atomic E-state index is 11.1. The maximum Gasteiger partial charge on any atom is 0.227 e. The lowest BCUT2D eigenvalue weighted by molar-refractivity contribution is -0.115. The van der Waals surface area contributed by atoms with Crippen LogP contribution in [0.4, 0.5) is 5.69 Å². The SMILES string of the molecule is O=C(CC(Cl)Cl)Nc1ccccc1. The fourth-order valence-electron chi connectivity index (χ4n) is 0.874. The lowest BCUT2D eigenvalue weighted by Gasteiger charge is -2.04. The van der Waals surface area contributed by atoms with Crippen LogP contribution >= 0.6 is 23.2 Å². The summed E-state index contributed by atoms with van der Waals surface area (Å²) in [5, 5.41) is 2.67. The summed E-state index contributed by atoms with van der Waals surface area (Å²) in [6.45, 7) is 0. The van der Waals surface area contributed by atoms with Crippen molar-refractivity contribution in [2.75, 3.05) is 5.32 Å². The summed E-state index contributed by atoms with van der Waals surface area (Å²) in [4.78, 5) is 10.5. The van der Waals surface area contributed by atoms with Crippen LogP contribution in [0.15, 0.2) is 30.3 Å². The number of anilines is 1. The number of hydrogen-bond donors (Lipinski definition) is 1. The van der Waals surface area contributed by atoms with E-state index >= 15 is 0 Å². The van der Waals surface area contributed by atoms with Gasteiger partial charge in [0.25, 0.3) is 0 Å². The van der Waals surface area contributed by atoms with Crippen molar-refractivity contribution < 1.29 is 4.79 Å². The zero-order valence-corrected chi connectivity index (χ0v) is 8.35. The molecular formula is C9H9Cl2NO. The number of benzene rings is 1. The fourth-order valence-corrected chi connectivity index (χ4v) is 1.15. The number of nitrogens with one attached hydrogen (secondary N) is 1. The number of amides is 1. The van der Waals surface area contributed by atoms with Crippen LogP contribution in [0, 0.1) is 0 Å². The normalized spacial score (nSPS) is 10.1. The molecule has 1 amide bonds. The molecule has 0 aliphatic heterocycles. The van der Waals surface area contributed by atoms with Crippen LogP contribution in [-0.2, 0) is 4.79 Å². The molecule has 0 aliphatic rings. The van der Waals surface area contributed by atoms with Crippen LogP contribution in [0.2, 0.25) is 0 Å². The van der Waals surface area contributed by atoms with Crippen molar-refractivity contribution in [2.45, 2.75) is 11.3 Å². The van der Waals surface area contributed by atoms with E-state index in [9.17, 15) is 4.79 Å². The Morgan fingerprint density at radius 2 is 1.92 bits per heavy atom. The summed E-state index contributed by atoms with van der Waals surface area (Å²) in [7, 11) is 0. The summed E-state index contributed by atoms with van der Waals surface area (Å²) in [5.41, 5.74) is 0.751. The minimum Gasteiger partial charge on any atom is -0.326 e. The highest BCUT2D eigenvalue weighted by Gasteiger charge is 2.07. The van der Waals surface area contributed by atoms with Crippen molar-refractivity contribution in [1.29, 1.82) is 0 Å². The summed E-state index contributed by atoms with van der Waals surface area (Å²) >= 11 is 10.9. The van der Waals surface area contributed by atoms with Crippen LogP contribution < -0.4 is 5.32 Å². The monoisotopic (exact) mass is 217 g/mol. The number of hydrogen-bond acceptors (Lipinski definition) is 1. The molecule has 0 spiro atoms. The molecule has 0 radical (unpaired) electrons. The lowest BCUT2D eigenvalue weighted by Crippen LogP contribution is -2.13. The standard InChI is InChI=1S/C9H9Cl2NO/c10-8(11)6-9(13)12-7-4-2-1-3-5-7/h1-5,8H,6H2,(H,12,13). The van der Waals surface area contributed by atoms with E-state index in [4.69, 9.17) is 23.2 Å². The smallest absolute Gasteiger partial charge is 0.227 e. The van der Waals surface area contributed by atoms with E-state index in [1.54, 1.807) is 12.1 Å². The molecule has 0 aromatic heterocycles. The van der Waals surface area contributed by atoms with Crippen LogP contribution in [-0.4, -0.2) is 10.7 Å². The van der Waals surface area contributed by atoms with Crippen LogP contribution in [0.5, 0.6) is 0 Å². The topological polar surface area (TPSA) is 29.1 Å². The van der Waals surface area contributed by atoms with Gasteiger partial charge in [-0.05, 0) is 12.1 Å². The van der Waals surface area contributed by atoms with Gasteiger partial charge in [0, 0.05) is 5.69 Å². The predicted molar refractivity (Wildman–Crippen MR) is 55.2 cm³/mol. The van der Waals surface area contributed by atoms with Crippen molar-refractivity contribution in [2.24, 2.45) is 0 Å². The first-order valence-corrected chi connectivity index (χ1v) is 4.69. The Balaban J connectivity index is 2.46. The van der Waals surface area contributed by atoms with Gasteiger partial charge in [0.15, 0.2) is 0 Å². The van der Waals surface area contributed by atoms with E-state index < -0.39 is 4.84 Å². The van der Waals surface area contributed by atoms with Crippen LogP contribution in [0.25, 0.3) is 0 Å². The van der Waals surface area contributed by atoms with Crippen molar-refractivity contribution in [3.63, 3.8) is 0 Å². The highest BCUT2D eigenvalue weighted by molar-refractivity contribution is 6.45. The van der Waals surface area contributed by atoms with Gasteiger partial charge in [-0.25, -0.2) is 0 Å². The molecule has 1 N–H and O–H groups in total. The van der Waals surface area contributed by atoms with Gasteiger partial charge in [0.05, 0.1) is 6.42 Å². The van der Waals surface area contributed by atoms with E-state index in [1.807, 2.05) is 18.2 Å². The third-order valence-electron chi connectivity index (χ3n) is 1.40. The molecule has 0 bridgehead atoms. The minimum atomic E-state index is -0.649. The van der Waals surface area contributed by atoms with E-state index in [0.29, 0.717) is 0 Å². The first-order chi connectivity index (χ1) is 6.18. The second-order valence-electron chi connectivity index (χ2n) is 2.51. The zero-order chi connectivity index (χ0) is 9.68. The third kappa shape index (κ3) is 4.15. The molecule has 1 aromatic rings. The van der Waals surface area contributed by atoms with Gasteiger partial charge in [-0.15, -0.1) is 23.2 Å². The van der Waals surface area contributed by atoms with Gasteiger partial charge in [-0.3, -0.25) is 4.79 Å². The van der Waals surface area contributed by atoms with E-state index in [2.05, 4.69) is 5.32 Å². The molecule has 0 saturated carbocycles. The zero-order valence-electron chi connectivity index (χ0n) is 6.84. The van der Waals surface area contributed by atoms with Crippen LogP contribution in [0.3, 0.4) is 0 Å². The molecule has 0 aliphatic carbocycles. The molecule has 4 heteroatoms. The Bertz CT molecular complexity index is 274. The second kappa shape index (κ2) is 5.10. The number of carbonyl (C=O) groups is 1. The van der Waals surface area contributed by atoms with Gasteiger partial charge >= 0.3 is 0 Å². The van der Waals surface area contributed by atoms with Crippen molar-refractivity contribution in [1.82, 2.24) is 0 Å². The molecule has 0 heterocycles. The quantitative estimate of drug-likeness (QED) is 0.776. The minimum absolute atomic E-state index is 0.109. The average molecular weight is 218 g/mol. The molecule has 0 atom stereocenters. The molecule has 2 nitrogen and oxygen atoms in total. The number of carbonyl (C=O) groups excluding carboxylic acids is 1. The summed E-state index contributed by atoms with van der Waals surface area (Å²) < 4.78 is 0. The third-order valence-corrected chi connectivity index (χ3v) is 1.71. The van der Waals surface area contributed by atoms with Gasteiger partial charge in [-0.1, -0.05) is 18.2 Å². The van der Waals surface area contributed by atoms with Crippen molar-refractivity contribution >= 4 is 34.8 Å². The first-order valence-electron chi connectivity index (χ1n) is 3.81. The van der Waals surface area contributed by atoms with Gasteiger partial charge in [0.2, 0.25) is 5.91 Å². The predicted octanol–water partition coefficient (Wildman–Crippen LogP) is 2.82. The Kier molecular flexibility index (Phi) is 4.06. The van der Waals surface area contributed by atoms with Crippen molar-refractivity contribution in [3.8, 4) is 0 Å². The van der Waals surface area contributed by atoms with E-state index in [1.165, 1.54) is 0 Å². The second-order valence-corrected chi connectivity index (χ2v) is 3.79. The average Bonchev–Trinajstić information content (AvgIpc) is 2.04. The molecule has 1 aromatic carbocycles. The van der Waals surface area contributed by atoms with Gasteiger partial charge < -0.3 is 5.32 Å². The summed E-state index contributed by atoms with van der Waals surface area (Å²) in [5.74, 6) is -0.179. The Hall–Kier alpha value is -0.730. The van der Waals surface area contributed by atoms with E-state index in [0.717, 1.165) is 5.69 Å². The molecule has 1 rings (SSSR count). The highest BCUT2D eigenvalue weighted by Crippen LogP contribution is 2.10. The molecule has 0 saturated heterocycles. The lowest BCUT2D eigenvalue weighted by atomic mass is 10.3. The molecule has 70 valence electrons. The largest absolute Gasteiger partial charge is 0.326 e. The van der Waals surface area contributed by atoms with Crippen LogP contribution in [0.1, 0.15) is 6.42 Å². The van der Waals surface area contributed by atoms with E-state index in [-0.39, 0.29) is 12.3 Å². The molecule has 13 heavy (non-hydrogen) atoms. The maximum atomic E-state index is 11.1. The summed E-state index contributed by atoms with van der Waals surface area (Å²) in [6, 6.07) is 9.16. The fraction of sp³-hybridized carbons (Fsp3) is 0.222. The van der Waals surface area contributed by atoms with Crippen molar-refractivity contribution in [3.05, 3.63) is 30.3 Å². The number of alkyl halides is 2. The van der Waals surface area contributed by atoms with Gasteiger partial charge in [0.1, 0.15) is 4.84 Å². The molecule has 0 unspecified atom stereocenters. The number of halogens is 2. The Labute approximate surface area is 86.8 Å². The Morgan fingerprint density at radius 3 is 2.46 bits per heavy atom. The summed E-state index contributed by atoms with van der Waals surface area (Å²) in [6.07, 6.45) is 0.109. The molecular weight excluding hydrogens is 209 g/mol. The highest BCUT2D eigenvalue weighted by atomic mass is 35.5. The number of para-hydroxylation sites is 1. The Morgan fingerprint density at radius 1 is 1.31 bits per heavy atom. The first kappa shape index (κ1) is 10.4. The molecule has 0 fully saturated rings. The number of rotatable bonds is 3.